The summed E-state index contributed by atoms with van der Waals surface area (Å²) >= 11 is 3.19. The van der Waals surface area contributed by atoms with Crippen molar-refractivity contribution >= 4 is 49.8 Å². The van der Waals surface area contributed by atoms with Crippen LogP contribution in [0.5, 0.6) is 0 Å². The van der Waals surface area contributed by atoms with Crippen molar-refractivity contribution in [3.63, 3.8) is 0 Å². The molecule has 4 nitrogen and oxygen atoms in total. The third-order valence-corrected chi connectivity index (χ3v) is 5.80. The summed E-state index contributed by atoms with van der Waals surface area (Å²) in [5.74, 6) is -2.49. The highest BCUT2D eigenvalue weighted by Gasteiger charge is 2.37. The Morgan fingerprint density at radius 3 is 2.37 bits per heavy atom. The Morgan fingerprint density at radius 2 is 1.70 bits per heavy atom. The molecule has 0 unspecified atom stereocenters. The van der Waals surface area contributed by atoms with Crippen molar-refractivity contribution in [1.82, 2.24) is 0 Å². The third kappa shape index (κ3) is 4.70. The lowest BCUT2D eigenvalue weighted by Crippen LogP contribution is -2.29. The van der Waals surface area contributed by atoms with E-state index in [-0.39, 0.29) is 10.6 Å². The van der Waals surface area contributed by atoms with E-state index < -0.39 is 22.5 Å². The van der Waals surface area contributed by atoms with E-state index in [4.69, 9.17) is 0 Å². The molecule has 9 heteroatoms. The Morgan fingerprint density at radius 1 is 1.04 bits per heavy atom. The number of rotatable bonds is 4. The Labute approximate surface area is 166 Å². The zero-order chi connectivity index (χ0) is 19.6. The molecule has 0 saturated heterocycles. The molecule has 0 fully saturated rings. The molecular formula is C18H16BrF3N2O2S. The average molecular weight is 461 g/mol. The first kappa shape index (κ1) is 19.9. The fraction of sp³-hybridized carbons (Fsp3) is 0.333. The van der Waals surface area contributed by atoms with Crippen LogP contribution in [0.4, 0.5) is 23.9 Å². The van der Waals surface area contributed by atoms with Gasteiger partial charge >= 0.3 is 10.7 Å². The molecule has 0 radical (unpaired) electrons. The molecule has 1 aliphatic rings. The number of nitrogens with one attached hydrogen (secondary N) is 2. The van der Waals surface area contributed by atoms with Crippen LogP contribution in [0.2, 0.25) is 0 Å². The van der Waals surface area contributed by atoms with Gasteiger partial charge in [-0.15, -0.1) is 11.3 Å². The third-order valence-electron chi connectivity index (χ3n) is 4.23. The van der Waals surface area contributed by atoms with E-state index in [0.717, 1.165) is 47.5 Å². The zero-order valence-electron chi connectivity index (χ0n) is 14.1. The number of thiophene rings is 1. The molecule has 144 valence electrons. The summed E-state index contributed by atoms with van der Waals surface area (Å²) in [6.07, 6.45) is 4.20. The topological polar surface area (TPSA) is 58.2 Å². The molecule has 1 aromatic carbocycles. The zero-order valence-corrected chi connectivity index (χ0v) is 16.5. The molecule has 0 bridgehead atoms. The Balaban J connectivity index is 1.95. The summed E-state index contributed by atoms with van der Waals surface area (Å²) in [7, 11) is 0. The first-order valence-electron chi connectivity index (χ1n) is 8.35. The molecule has 2 N–H and O–H groups in total. The number of hydrogen-bond acceptors (Lipinski definition) is 3. The van der Waals surface area contributed by atoms with E-state index in [1.54, 1.807) is 0 Å². The number of halogens is 4. The fourth-order valence-corrected chi connectivity index (χ4v) is 4.35. The highest BCUT2D eigenvalue weighted by Crippen LogP contribution is 2.39. The van der Waals surface area contributed by atoms with E-state index in [0.29, 0.717) is 12.1 Å². The van der Waals surface area contributed by atoms with E-state index >= 15 is 0 Å². The van der Waals surface area contributed by atoms with E-state index in [2.05, 4.69) is 10.6 Å². The van der Waals surface area contributed by atoms with Crippen molar-refractivity contribution in [3.05, 3.63) is 46.1 Å². The predicted octanol–water partition coefficient (Wildman–Crippen LogP) is 5.33. The van der Waals surface area contributed by atoms with Crippen molar-refractivity contribution in [3.8, 4) is 0 Å². The number of benzene rings is 1. The second-order valence-electron chi connectivity index (χ2n) is 6.18. The van der Waals surface area contributed by atoms with Crippen LogP contribution in [0.3, 0.4) is 0 Å². The molecule has 0 aliphatic heterocycles. The van der Waals surface area contributed by atoms with Gasteiger partial charge in [0.2, 0.25) is 0 Å². The van der Waals surface area contributed by atoms with E-state index in [1.807, 2.05) is 15.9 Å². The minimum absolute atomic E-state index is 0.102. The van der Waals surface area contributed by atoms with Gasteiger partial charge in [0.15, 0.2) is 0 Å². The minimum atomic E-state index is -3.74. The van der Waals surface area contributed by atoms with Crippen molar-refractivity contribution in [2.45, 2.75) is 36.9 Å². The predicted molar refractivity (Wildman–Crippen MR) is 102 cm³/mol. The van der Waals surface area contributed by atoms with Crippen molar-refractivity contribution in [2.24, 2.45) is 0 Å². The smallest absolute Gasteiger partial charge is 0.322 e. The van der Waals surface area contributed by atoms with Crippen molar-refractivity contribution in [2.75, 3.05) is 10.6 Å². The summed E-state index contributed by atoms with van der Waals surface area (Å²) in [6, 6.07) is 5.22. The molecule has 2 amide bonds. The summed E-state index contributed by atoms with van der Waals surface area (Å²) in [5, 5.41) is 4.91. The van der Waals surface area contributed by atoms with Crippen LogP contribution in [0.1, 0.15) is 40.1 Å². The van der Waals surface area contributed by atoms with Crippen LogP contribution in [-0.4, -0.2) is 16.6 Å². The standard InChI is InChI=1S/C18H16BrF3N2O2S/c19-18(21,22)17(26)24-16-14(12-4-2-1-3-5-13(12)27-16)15(25)23-11-8-6-10(20)7-9-11/h6-9H,1-5H2,(H,23,25)(H,24,26). The molecule has 0 saturated carbocycles. The second-order valence-corrected chi connectivity index (χ2v) is 8.28. The van der Waals surface area contributed by atoms with Gasteiger partial charge in [0, 0.05) is 26.5 Å². The molecule has 2 aromatic rings. The Bertz CT molecular complexity index is 863. The first-order valence-corrected chi connectivity index (χ1v) is 9.96. The molecule has 1 aliphatic carbocycles. The summed E-state index contributed by atoms with van der Waals surface area (Å²) < 4.78 is 39.5. The molecular weight excluding hydrogens is 445 g/mol. The minimum Gasteiger partial charge on any atom is -0.322 e. The molecule has 0 spiro atoms. The van der Waals surface area contributed by atoms with Crippen LogP contribution >= 0.6 is 27.3 Å². The second kappa shape index (κ2) is 8.02. The normalized spacial score (nSPS) is 14.2. The highest BCUT2D eigenvalue weighted by atomic mass is 79.9. The van der Waals surface area contributed by atoms with Crippen LogP contribution in [-0.2, 0) is 17.6 Å². The largest absolute Gasteiger partial charge is 0.378 e. The summed E-state index contributed by atoms with van der Waals surface area (Å²) in [5.41, 5.74) is 1.36. The van der Waals surface area contributed by atoms with Gasteiger partial charge in [0.1, 0.15) is 10.8 Å². The van der Waals surface area contributed by atoms with Gasteiger partial charge in [0.05, 0.1) is 5.56 Å². The van der Waals surface area contributed by atoms with Crippen LogP contribution in [0.15, 0.2) is 24.3 Å². The summed E-state index contributed by atoms with van der Waals surface area (Å²) in [6.45, 7) is 0. The van der Waals surface area contributed by atoms with Gasteiger partial charge in [-0.25, -0.2) is 4.39 Å². The molecule has 3 rings (SSSR count). The molecule has 1 aromatic heterocycles. The Kier molecular flexibility index (Phi) is 5.90. The number of carbonyl (C=O) groups excluding carboxylic acids is 2. The molecule has 27 heavy (non-hydrogen) atoms. The number of carbonyl (C=O) groups is 2. The van der Waals surface area contributed by atoms with Crippen LogP contribution in [0.25, 0.3) is 0 Å². The van der Waals surface area contributed by atoms with Gasteiger partial charge in [-0.05, 0) is 55.5 Å². The van der Waals surface area contributed by atoms with E-state index in [9.17, 15) is 22.8 Å². The fourth-order valence-electron chi connectivity index (χ4n) is 2.97. The van der Waals surface area contributed by atoms with Crippen molar-refractivity contribution in [1.29, 1.82) is 0 Å². The molecule has 0 atom stereocenters. The number of amides is 2. The Hall–Kier alpha value is -1.87. The number of alkyl halides is 3. The van der Waals surface area contributed by atoms with Crippen molar-refractivity contribution < 1.29 is 22.8 Å². The number of fused-ring (bicyclic) bond motifs is 1. The summed E-state index contributed by atoms with van der Waals surface area (Å²) in [4.78, 5) is 21.7. The average Bonchev–Trinajstić information content (AvgIpc) is 2.77. The number of anilines is 2. The molecule has 1 heterocycles. The maximum absolute atomic E-state index is 13.2. The van der Waals surface area contributed by atoms with E-state index in [1.165, 1.54) is 24.3 Å². The lowest BCUT2D eigenvalue weighted by molar-refractivity contribution is -0.128. The van der Waals surface area contributed by atoms with Crippen LogP contribution in [0, 0.1) is 5.82 Å². The maximum Gasteiger partial charge on any atom is 0.378 e. The lowest BCUT2D eigenvalue weighted by Gasteiger charge is -2.12. The quantitative estimate of drug-likeness (QED) is 0.478. The highest BCUT2D eigenvalue weighted by molar-refractivity contribution is 9.10. The van der Waals surface area contributed by atoms with Gasteiger partial charge < -0.3 is 10.6 Å². The number of hydrogen-bond donors (Lipinski definition) is 2. The first-order chi connectivity index (χ1) is 12.8. The van der Waals surface area contributed by atoms with Crippen LogP contribution < -0.4 is 10.6 Å². The van der Waals surface area contributed by atoms with Gasteiger partial charge in [0.25, 0.3) is 5.91 Å². The number of aryl methyl sites for hydroxylation is 1. The van der Waals surface area contributed by atoms with Gasteiger partial charge in [-0.3, -0.25) is 9.59 Å². The lowest BCUT2D eigenvalue weighted by atomic mass is 10.0. The SMILES string of the molecule is O=C(Nc1ccc(F)cc1)c1c(NC(=O)C(F)(F)Br)sc2c1CCCCC2. The van der Waals surface area contributed by atoms with Gasteiger partial charge in [-0.2, -0.15) is 8.78 Å². The van der Waals surface area contributed by atoms with Gasteiger partial charge in [-0.1, -0.05) is 6.42 Å². The monoisotopic (exact) mass is 460 g/mol. The maximum atomic E-state index is 13.2.